The second-order valence-electron chi connectivity index (χ2n) is 4.24. The van der Waals surface area contributed by atoms with Crippen molar-refractivity contribution in [1.82, 2.24) is 19.5 Å². The number of ether oxygens (including phenoxy) is 1. The molecule has 2 aromatic rings. The van der Waals surface area contributed by atoms with E-state index in [1.807, 2.05) is 0 Å². The topological polar surface area (TPSA) is 119 Å². The van der Waals surface area contributed by atoms with E-state index >= 15 is 0 Å². The van der Waals surface area contributed by atoms with Crippen molar-refractivity contribution in [3.8, 4) is 0 Å². The molecule has 0 aromatic carbocycles. The quantitative estimate of drug-likeness (QED) is 0.620. The van der Waals surface area contributed by atoms with Crippen molar-refractivity contribution in [2.75, 3.05) is 18.9 Å². The van der Waals surface area contributed by atoms with Gasteiger partial charge in [0.1, 0.15) is 17.9 Å². The predicted octanol–water partition coefficient (Wildman–Crippen LogP) is -1.09. The second-order valence-corrected chi connectivity index (χ2v) is 4.24. The van der Waals surface area contributed by atoms with Gasteiger partial charge in [-0.1, -0.05) is 0 Å². The van der Waals surface area contributed by atoms with Crippen LogP contribution in [0.3, 0.4) is 0 Å². The Hall–Kier alpha value is -1.77. The largest absolute Gasteiger partial charge is 0.396 e. The van der Waals surface area contributed by atoms with Crippen LogP contribution in [0.4, 0.5) is 5.82 Å². The van der Waals surface area contributed by atoms with Gasteiger partial charge in [-0.15, -0.1) is 0 Å². The molecule has 3 heterocycles. The second kappa shape index (κ2) is 4.16. The number of aromatic nitrogens is 4. The maximum absolute atomic E-state index is 10.0. The lowest BCUT2D eigenvalue weighted by atomic mass is 10.1. The van der Waals surface area contributed by atoms with Crippen LogP contribution in [0, 0.1) is 5.92 Å². The lowest BCUT2D eigenvalue weighted by Crippen LogP contribution is -2.26. The van der Waals surface area contributed by atoms with Crippen LogP contribution in [0.1, 0.15) is 6.23 Å². The van der Waals surface area contributed by atoms with E-state index in [4.69, 9.17) is 15.6 Å². The minimum atomic E-state index is -0.802. The summed E-state index contributed by atoms with van der Waals surface area (Å²) in [6.45, 7) is 0.171. The molecule has 1 aliphatic heterocycles. The first kappa shape index (κ1) is 11.3. The molecule has 0 aliphatic carbocycles. The van der Waals surface area contributed by atoms with Gasteiger partial charge in [-0.25, -0.2) is 15.0 Å². The number of imidazole rings is 1. The van der Waals surface area contributed by atoms with Gasteiger partial charge in [-0.2, -0.15) is 0 Å². The van der Waals surface area contributed by atoms with Gasteiger partial charge in [0.25, 0.3) is 0 Å². The zero-order valence-corrected chi connectivity index (χ0v) is 9.47. The van der Waals surface area contributed by atoms with Gasteiger partial charge in [-0.05, 0) is 0 Å². The Kier molecular flexibility index (Phi) is 2.62. The van der Waals surface area contributed by atoms with Gasteiger partial charge in [0.15, 0.2) is 17.7 Å². The number of nitrogens with two attached hydrogens (primary N) is 1. The summed E-state index contributed by atoms with van der Waals surface area (Å²) in [7, 11) is 0. The fraction of sp³-hybridized carbons (Fsp3) is 0.500. The highest BCUT2D eigenvalue weighted by molar-refractivity contribution is 5.81. The molecular weight excluding hydrogens is 238 g/mol. The van der Waals surface area contributed by atoms with Gasteiger partial charge in [0.2, 0.25) is 0 Å². The van der Waals surface area contributed by atoms with Crippen molar-refractivity contribution in [1.29, 1.82) is 0 Å². The van der Waals surface area contributed by atoms with Crippen molar-refractivity contribution in [2.24, 2.45) is 5.92 Å². The smallest absolute Gasteiger partial charge is 0.167 e. The number of rotatable bonds is 2. The SMILES string of the molecule is Nc1ncnc2c1ncn2[C@@H]1OC[C@@H](CO)[C@H]1O. The highest BCUT2D eigenvalue weighted by Gasteiger charge is 2.37. The van der Waals surface area contributed by atoms with E-state index in [9.17, 15) is 5.11 Å². The molecule has 0 spiro atoms. The first-order chi connectivity index (χ1) is 8.72. The molecule has 4 N–H and O–H groups in total. The Morgan fingerprint density at radius 1 is 1.44 bits per heavy atom. The van der Waals surface area contributed by atoms with E-state index in [2.05, 4.69) is 15.0 Å². The van der Waals surface area contributed by atoms with Crippen molar-refractivity contribution in [3.63, 3.8) is 0 Å². The fourth-order valence-corrected chi connectivity index (χ4v) is 2.11. The Balaban J connectivity index is 2.03. The summed E-state index contributed by atoms with van der Waals surface area (Å²) in [6, 6.07) is 0. The molecule has 0 unspecified atom stereocenters. The number of hydrogen-bond acceptors (Lipinski definition) is 7. The molecule has 1 saturated heterocycles. The third kappa shape index (κ3) is 1.54. The molecule has 8 heteroatoms. The van der Waals surface area contributed by atoms with Gasteiger partial charge in [-0.3, -0.25) is 4.57 Å². The van der Waals surface area contributed by atoms with Gasteiger partial charge in [0.05, 0.1) is 19.5 Å². The lowest BCUT2D eigenvalue weighted by Gasteiger charge is -2.17. The first-order valence-corrected chi connectivity index (χ1v) is 5.56. The van der Waals surface area contributed by atoms with E-state index in [-0.39, 0.29) is 18.3 Å². The molecule has 1 aliphatic rings. The average Bonchev–Trinajstić information content (AvgIpc) is 2.93. The normalized spacial score (nSPS) is 28.0. The number of aliphatic hydroxyl groups excluding tert-OH is 2. The van der Waals surface area contributed by atoms with E-state index in [0.29, 0.717) is 17.8 Å². The molecule has 0 saturated carbocycles. The molecule has 0 bridgehead atoms. The van der Waals surface area contributed by atoms with Crippen molar-refractivity contribution < 1.29 is 14.9 Å². The summed E-state index contributed by atoms with van der Waals surface area (Å²) in [5, 5.41) is 19.1. The Morgan fingerprint density at radius 3 is 3.00 bits per heavy atom. The maximum Gasteiger partial charge on any atom is 0.167 e. The summed E-state index contributed by atoms with van der Waals surface area (Å²) in [5.74, 6) is -0.0171. The van der Waals surface area contributed by atoms with Crippen molar-refractivity contribution in [2.45, 2.75) is 12.3 Å². The van der Waals surface area contributed by atoms with Crippen LogP contribution in [0.15, 0.2) is 12.7 Å². The summed E-state index contributed by atoms with van der Waals surface area (Å²) >= 11 is 0. The van der Waals surface area contributed by atoms with Crippen LogP contribution in [-0.2, 0) is 4.74 Å². The molecule has 0 amide bonds. The van der Waals surface area contributed by atoms with Crippen LogP contribution >= 0.6 is 0 Å². The number of fused-ring (bicyclic) bond motifs is 1. The molecule has 18 heavy (non-hydrogen) atoms. The van der Waals surface area contributed by atoms with Gasteiger partial charge in [0, 0.05) is 5.92 Å². The van der Waals surface area contributed by atoms with Gasteiger partial charge >= 0.3 is 0 Å². The van der Waals surface area contributed by atoms with Crippen molar-refractivity contribution in [3.05, 3.63) is 12.7 Å². The van der Waals surface area contributed by atoms with Crippen LogP contribution in [-0.4, -0.2) is 49.0 Å². The Bertz CT molecular complexity index is 572. The number of nitrogen functional groups attached to an aromatic ring is 1. The first-order valence-electron chi connectivity index (χ1n) is 5.56. The van der Waals surface area contributed by atoms with Crippen LogP contribution in [0.25, 0.3) is 11.2 Å². The average molecular weight is 251 g/mol. The fourth-order valence-electron chi connectivity index (χ4n) is 2.11. The highest BCUT2D eigenvalue weighted by atomic mass is 16.5. The van der Waals surface area contributed by atoms with Crippen molar-refractivity contribution >= 4 is 17.0 Å². The molecule has 0 radical (unpaired) electrons. The molecule has 2 aromatic heterocycles. The van der Waals surface area contributed by atoms with Crippen LogP contribution in [0.5, 0.6) is 0 Å². The highest BCUT2D eigenvalue weighted by Crippen LogP contribution is 2.30. The number of aliphatic hydroxyl groups is 2. The predicted molar refractivity (Wildman–Crippen MR) is 61.3 cm³/mol. The Morgan fingerprint density at radius 2 is 2.28 bits per heavy atom. The van der Waals surface area contributed by atoms with Gasteiger partial charge < -0.3 is 20.7 Å². The summed E-state index contributed by atoms with van der Waals surface area (Å²) in [5.41, 5.74) is 6.66. The number of anilines is 1. The molecular formula is C10H13N5O3. The van der Waals surface area contributed by atoms with E-state index in [1.54, 1.807) is 4.57 Å². The summed E-state index contributed by atoms with van der Waals surface area (Å²) < 4.78 is 7.08. The van der Waals surface area contributed by atoms with E-state index < -0.39 is 12.3 Å². The third-order valence-electron chi connectivity index (χ3n) is 3.15. The van der Waals surface area contributed by atoms with Crippen LogP contribution in [0.2, 0.25) is 0 Å². The monoisotopic (exact) mass is 251 g/mol. The zero-order chi connectivity index (χ0) is 12.7. The van der Waals surface area contributed by atoms with E-state index in [0.717, 1.165) is 0 Å². The summed E-state index contributed by atoms with van der Waals surface area (Å²) in [6.07, 6.45) is 1.43. The Labute approximate surface area is 102 Å². The number of nitrogens with zero attached hydrogens (tertiary/aromatic N) is 4. The molecule has 3 rings (SSSR count). The minimum absolute atomic E-state index is 0.124. The molecule has 8 nitrogen and oxygen atoms in total. The standard InChI is InChI=1S/C10H13N5O3/c11-8-6-9(13-3-12-8)15(4-14-6)10-7(17)5(1-16)2-18-10/h3-5,7,10,16-17H,1-2H2,(H2,11,12,13)/t5-,7-,10-/m1/s1. The maximum atomic E-state index is 10.0. The minimum Gasteiger partial charge on any atom is -0.396 e. The number of hydrogen-bond donors (Lipinski definition) is 3. The molecule has 96 valence electrons. The lowest BCUT2D eigenvalue weighted by molar-refractivity contribution is -0.0108. The molecule has 1 fully saturated rings. The molecule has 3 atom stereocenters. The van der Waals surface area contributed by atoms with E-state index in [1.165, 1.54) is 12.7 Å². The summed E-state index contributed by atoms with van der Waals surface area (Å²) in [4.78, 5) is 12.0. The van der Waals surface area contributed by atoms with Crippen LogP contribution < -0.4 is 5.73 Å². The third-order valence-corrected chi connectivity index (χ3v) is 3.15. The zero-order valence-electron chi connectivity index (χ0n) is 9.47.